The molecule has 0 amide bonds. The summed E-state index contributed by atoms with van der Waals surface area (Å²) in [7, 11) is 0. The monoisotopic (exact) mass is 132 g/mol. The molecule has 0 atom stereocenters. The molecule has 2 nitrogen and oxygen atoms in total. The van der Waals surface area contributed by atoms with Gasteiger partial charge < -0.3 is 4.85 Å². The molecule has 1 aromatic rings. The van der Waals surface area contributed by atoms with Crippen molar-refractivity contribution < 1.29 is 0 Å². The topological polar surface area (TPSA) is 17.2 Å². The van der Waals surface area contributed by atoms with Gasteiger partial charge in [-0.3, -0.25) is 4.98 Å². The highest BCUT2D eigenvalue weighted by molar-refractivity contribution is 5.12. The number of aryl methyl sites for hydroxylation is 1. The first kappa shape index (κ1) is 6.76. The summed E-state index contributed by atoms with van der Waals surface area (Å²) in [5.74, 6) is 0. The van der Waals surface area contributed by atoms with Crippen LogP contribution < -0.4 is 0 Å². The van der Waals surface area contributed by atoms with Gasteiger partial charge in [0.25, 0.3) is 6.54 Å². The summed E-state index contributed by atoms with van der Waals surface area (Å²) in [6, 6.07) is 3.85. The van der Waals surface area contributed by atoms with Crippen LogP contribution in [-0.4, -0.2) is 4.98 Å². The van der Waals surface area contributed by atoms with Crippen molar-refractivity contribution in [3.63, 3.8) is 0 Å². The highest BCUT2D eigenvalue weighted by atomic mass is 14.7. The molecule has 0 N–H and O–H groups in total. The third kappa shape index (κ3) is 1.56. The van der Waals surface area contributed by atoms with Crippen LogP contribution in [0.15, 0.2) is 18.3 Å². The van der Waals surface area contributed by atoms with Gasteiger partial charge in [-0.05, 0) is 18.6 Å². The maximum atomic E-state index is 6.58. The molecule has 10 heavy (non-hydrogen) atoms. The second-order valence-corrected chi connectivity index (χ2v) is 2.14. The maximum absolute atomic E-state index is 6.58. The lowest BCUT2D eigenvalue weighted by Gasteiger charge is -1.90. The van der Waals surface area contributed by atoms with Crippen molar-refractivity contribution in [2.75, 3.05) is 0 Å². The van der Waals surface area contributed by atoms with E-state index in [4.69, 9.17) is 6.57 Å². The van der Waals surface area contributed by atoms with Gasteiger partial charge in [-0.15, -0.1) is 0 Å². The molecule has 1 rings (SSSR count). The minimum Gasteiger partial charge on any atom is -0.310 e. The third-order valence-corrected chi connectivity index (χ3v) is 1.21. The molecular formula is C8H8N2. The van der Waals surface area contributed by atoms with Crippen molar-refractivity contribution >= 4 is 0 Å². The molecule has 0 aliphatic heterocycles. The normalized spacial score (nSPS) is 8.80. The summed E-state index contributed by atoms with van der Waals surface area (Å²) >= 11 is 0. The Morgan fingerprint density at radius 2 is 2.40 bits per heavy atom. The standard InChI is InChI=1S/C8H8N2/c1-7-3-4-8(6-9-2)10-5-7/h3-5H,6H2,1H3. The smallest absolute Gasteiger partial charge is 0.256 e. The van der Waals surface area contributed by atoms with Crippen molar-refractivity contribution in [2.24, 2.45) is 0 Å². The zero-order chi connectivity index (χ0) is 7.40. The Morgan fingerprint density at radius 3 is 2.90 bits per heavy atom. The van der Waals surface area contributed by atoms with Crippen LogP contribution in [0.25, 0.3) is 4.85 Å². The average molecular weight is 132 g/mol. The van der Waals surface area contributed by atoms with E-state index < -0.39 is 0 Å². The fraction of sp³-hybridized carbons (Fsp3) is 0.250. The van der Waals surface area contributed by atoms with E-state index in [0.717, 1.165) is 11.3 Å². The summed E-state index contributed by atoms with van der Waals surface area (Å²) in [6.45, 7) is 8.95. The average Bonchev–Trinajstić information content (AvgIpc) is 1.95. The van der Waals surface area contributed by atoms with Crippen molar-refractivity contribution in [3.8, 4) is 0 Å². The predicted molar refractivity (Wildman–Crippen MR) is 39.3 cm³/mol. The molecule has 0 aliphatic rings. The Kier molecular flexibility index (Phi) is 2.01. The van der Waals surface area contributed by atoms with Crippen molar-refractivity contribution in [1.82, 2.24) is 4.98 Å². The summed E-state index contributed by atoms with van der Waals surface area (Å²) in [6.07, 6.45) is 1.78. The molecule has 0 unspecified atom stereocenters. The van der Waals surface area contributed by atoms with E-state index in [2.05, 4.69) is 9.83 Å². The molecule has 0 aliphatic carbocycles. The van der Waals surface area contributed by atoms with E-state index in [9.17, 15) is 0 Å². The van der Waals surface area contributed by atoms with Gasteiger partial charge in [-0.25, -0.2) is 6.57 Å². The van der Waals surface area contributed by atoms with Crippen LogP contribution in [0.5, 0.6) is 0 Å². The molecule has 0 radical (unpaired) electrons. The molecule has 0 fully saturated rings. The van der Waals surface area contributed by atoms with E-state index in [1.54, 1.807) is 6.20 Å². The highest BCUT2D eigenvalue weighted by Crippen LogP contribution is 1.98. The molecule has 50 valence electrons. The number of rotatable bonds is 1. The quantitative estimate of drug-likeness (QED) is 0.532. The Labute approximate surface area is 60.3 Å². The van der Waals surface area contributed by atoms with Crippen LogP contribution in [-0.2, 0) is 6.54 Å². The molecular weight excluding hydrogens is 124 g/mol. The van der Waals surface area contributed by atoms with Crippen molar-refractivity contribution in [1.29, 1.82) is 0 Å². The molecule has 0 saturated carbocycles. The van der Waals surface area contributed by atoms with Crippen molar-refractivity contribution in [3.05, 3.63) is 41.0 Å². The minimum absolute atomic E-state index is 0.389. The fourth-order valence-corrected chi connectivity index (χ4v) is 0.673. The third-order valence-electron chi connectivity index (χ3n) is 1.21. The van der Waals surface area contributed by atoms with Gasteiger partial charge in [-0.2, -0.15) is 0 Å². The summed E-state index contributed by atoms with van der Waals surface area (Å²) in [5, 5.41) is 0. The van der Waals surface area contributed by atoms with E-state index in [1.807, 2.05) is 19.1 Å². The second kappa shape index (κ2) is 2.98. The lowest BCUT2D eigenvalue weighted by molar-refractivity contribution is 1.09. The molecule has 0 aromatic carbocycles. The largest absolute Gasteiger partial charge is 0.310 e. The van der Waals surface area contributed by atoms with Crippen LogP contribution in [0.2, 0.25) is 0 Å². The summed E-state index contributed by atoms with van der Waals surface area (Å²) in [5.41, 5.74) is 1.98. The van der Waals surface area contributed by atoms with Gasteiger partial charge in [0.15, 0.2) is 0 Å². The SMILES string of the molecule is [C-]#[N+]Cc1ccc(C)cn1. The van der Waals surface area contributed by atoms with E-state index >= 15 is 0 Å². The van der Waals surface area contributed by atoms with Crippen LogP contribution in [0.4, 0.5) is 0 Å². The fourth-order valence-electron chi connectivity index (χ4n) is 0.673. The maximum Gasteiger partial charge on any atom is 0.256 e. The highest BCUT2D eigenvalue weighted by Gasteiger charge is 1.93. The minimum atomic E-state index is 0.389. The lowest BCUT2D eigenvalue weighted by atomic mass is 10.3. The number of aromatic nitrogens is 1. The van der Waals surface area contributed by atoms with Crippen LogP contribution in [0, 0.1) is 13.5 Å². The van der Waals surface area contributed by atoms with Gasteiger partial charge in [0, 0.05) is 6.20 Å². The Hall–Kier alpha value is -1.36. The molecule has 0 bridgehead atoms. The Bertz CT molecular complexity index is 243. The number of nitrogens with zero attached hydrogens (tertiary/aromatic N) is 2. The predicted octanol–water partition coefficient (Wildman–Crippen LogP) is 1.81. The van der Waals surface area contributed by atoms with Crippen molar-refractivity contribution in [2.45, 2.75) is 13.5 Å². The Morgan fingerprint density at radius 1 is 1.60 bits per heavy atom. The molecule has 0 saturated heterocycles. The van der Waals surface area contributed by atoms with Gasteiger partial charge >= 0.3 is 0 Å². The summed E-state index contributed by atoms with van der Waals surface area (Å²) < 4.78 is 0. The van der Waals surface area contributed by atoms with Gasteiger partial charge in [0.05, 0.1) is 0 Å². The molecule has 0 spiro atoms. The van der Waals surface area contributed by atoms with Crippen LogP contribution in [0.3, 0.4) is 0 Å². The lowest BCUT2D eigenvalue weighted by Crippen LogP contribution is -1.84. The number of hydrogen-bond acceptors (Lipinski definition) is 1. The van der Waals surface area contributed by atoms with Gasteiger partial charge in [0.1, 0.15) is 5.69 Å². The second-order valence-electron chi connectivity index (χ2n) is 2.14. The molecule has 1 heterocycles. The zero-order valence-electron chi connectivity index (χ0n) is 5.83. The Balaban J connectivity index is 2.81. The summed E-state index contributed by atoms with van der Waals surface area (Å²) in [4.78, 5) is 7.28. The number of pyridine rings is 1. The van der Waals surface area contributed by atoms with E-state index in [1.165, 1.54) is 0 Å². The first-order chi connectivity index (χ1) is 4.83. The van der Waals surface area contributed by atoms with Gasteiger partial charge in [0.2, 0.25) is 0 Å². The molecule has 1 aromatic heterocycles. The van der Waals surface area contributed by atoms with Crippen LogP contribution >= 0.6 is 0 Å². The van der Waals surface area contributed by atoms with Crippen LogP contribution in [0.1, 0.15) is 11.3 Å². The van der Waals surface area contributed by atoms with Gasteiger partial charge in [-0.1, -0.05) is 6.07 Å². The zero-order valence-corrected chi connectivity index (χ0v) is 5.83. The molecule has 2 heteroatoms. The first-order valence-corrected chi connectivity index (χ1v) is 3.07. The first-order valence-electron chi connectivity index (χ1n) is 3.07. The van der Waals surface area contributed by atoms with E-state index in [0.29, 0.717) is 6.54 Å². The van der Waals surface area contributed by atoms with E-state index in [-0.39, 0.29) is 0 Å². The number of hydrogen-bond donors (Lipinski definition) is 0.